The SMILES string of the molecule is CC[Si](CC)(CC)N1C[C@@H](C)C[C@H]1Cc1ccc(-c2ccccc2)cc1. The van der Waals surface area contributed by atoms with E-state index in [0.717, 1.165) is 12.0 Å². The van der Waals surface area contributed by atoms with E-state index in [-0.39, 0.29) is 0 Å². The zero-order valence-corrected chi connectivity index (χ0v) is 18.0. The van der Waals surface area contributed by atoms with Crippen molar-refractivity contribution in [2.45, 2.75) is 64.7 Å². The van der Waals surface area contributed by atoms with Gasteiger partial charge in [0.05, 0.1) is 0 Å². The van der Waals surface area contributed by atoms with Crippen molar-refractivity contribution in [2.24, 2.45) is 5.92 Å². The maximum absolute atomic E-state index is 3.00. The highest BCUT2D eigenvalue weighted by Crippen LogP contribution is 2.36. The fraction of sp³-hybridized carbons (Fsp3) is 0.500. The van der Waals surface area contributed by atoms with Crippen LogP contribution >= 0.6 is 0 Å². The van der Waals surface area contributed by atoms with Gasteiger partial charge in [-0.05, 0) is 60.1 Å². The van der Waals surface area contributed by atoms with Gasteiger partial charge in [-0.15, -0.1) is 0 Å². The molecule has 0 bridgehead atoms. The molecule has 0 radical (unpaired) electrons. The van der Waals surface area contributed by atoms with E-state index in [4.69, 9.17) is 0 Å². The van der Waals surface area contributed by atoms with Crippen LogP contribution in [0.2, 0.25) is 18.1 Å². The summed E-state index contributed by atoms with van der Waals surface area (Å²) in [5.41, 5.74) is 4.13. The lowest BCUT2D eigenvalue weighted by Crippen LogP contribution is -2.54. The normalized spacial score (nSPS) is 21.2. The summed E-state index contributed by atoms with van der Waals surface area (Å²) in [4.78, 5) is 0. The highest BCUT2D eigenvalue weighted by atomic mass is 28.3. The standard InChI is InChI=1S/C24H35NSi/c1-5-26(6-2,7-3)25-19-20(4)17-24(25)18-21-13-15-23(16-14-21)22-11-9-8-10-12-22/h8-16,20,24H,5-7,17-19H2,1-4H3/t20-,24-/m0/s1. The molecule has 2 aromatic carbocycles. The minimum Gasteiger partial charge on any atom is -0.320 e. The van der Waals surface area contributed by atoms with Crippen LogP contribution in [0.25, 0.3) is 11.1 Å². The van der Waals surface area contributed by atoms with Crippen LogP contribution in [0, 0.1) is 5.92 Å². The van der Waals surface area contributed by atoms with Gasteiger partial charge in [-0.1, -0.05) is 82.3 Å². The Kier molecular flexibility index (Phi) is 6.36. The predicted octanol–water partition coefficient (Wildman–Crippen LogP) is 6.61. The molecule has 2 atom stereocenters. The van der Waals surface area contributed by atoms with Crippen LogP contribution in [0.15, 0.2) is 54.6 Å². The first kappa shape index (κ1) is 19.4. The average molecular weight is 366 g/mol. The van der Waals surface area contributed by atoms with E-state index in [2.05, 4.69) is 86.9 Å². The smallest absolute Gasteiger partial charge is 0.127 e. The molecule has 0 N–H and O–H groups in total. The molecule has 1 heterocycles. The largest absolute Gasteiger partial charge is 0.320 e. The van der Waals surface area contributed by atoms with E-state index in [0.29, 0.717) is 0 Å². The van der Waals surface area contributed by atoms with Crippen molar-refractivity contribution in [1.29, 1.82) is 0 Å². The molecule has 1 aliphatic rings. The quantitative estimate of drug-likeness (QED) is 0.499. The Balaban J connectivity index is 1.76. The minimum absolute atomic E-state index is 0.749. The van der Waals surface area contributed by atoms with E-state index in [9.17, 15) is 0 Å². The molecule has 0 amide bonds. The predicted molar refractivity (Wildman–Crippen MR) is 117 cm³/mol. The van der Waals surface area contributed by atoms with Crippen molar-refractivity contribution < 1.29 is 0 Å². The van der Waals surface area contributed by atoms with E-state index in [1.807, 2.05) is 0 Å². The van der Waals surface area contributed by atoms with Gasteiger partial charge in [0.1, 0.15) is 8.24 Å². The third kappa shape index (κ3) is 3.97. The van der Waals surface area contributed by atoms with Gasteiger partial charge in [-0.3, -0.25) is 0 Å². The summed E-state index contributed by atoms with van der Waals surface area (Å²) >= 11 is 0. The fourth-order valence-corrected chi connectivity index (χ4v) is 9.41. The monoisotopic (exact) mass is 365 g/mol. The lowest BCUT2D eigenvalue weighted by atomic mass is 9.98. The Hall–Kier alpha value is -1.38. The van der Waals surface area contributed by atoms with Gasteiger partial charge >= 0.3 is 0 Å². The van der Waals surface area contributed by atoms with Gasteiger partial charge < -0.3 is 4.57 Å². The van der Waals surface area contributed by atoms with Crippen LogP contribution in [-0.4, -0.2) is 25.4 Å². The molecule has 1 fully saturated rings. The number of nitrogens with zero attached hydrogens (tertiary/aromatic N) is 1. The molecule has 1 aliphatic heterocycles. The third-order valence-electron chi connectivity index (χ3n) is 6.74. The van der Waals surface area contributed by atoms with Gasteiger partial charge in [-0.25, -0.2) is 0 Å². The van der Waals surface area contributed by atoms with Gasteiger partial charge in [0.2, 0.25) is 0 Å². The zero-order valence-electron chi connectivity index (χ0n) is 17.0. The summed E-state index contributed by atoms with van der Waals surface area (Å²) in [6.07, 6.45) is 2.59. The average Bonchev–Trinajstić information content (AvgIpc) is 3.06. The van der Waals surface area contributed by atoms with Crippen LogP contribution in [0.4, 0.5) is 0 Å². The van der Waals surface area contributed by atoms with Crippen LogP contribution in [0.1, 0.15) is 39.7 Å². The second-order valence-electron chi connectivity index (χ2n) is 8.20. The molecule has 1 nitrogen and oxygen atoms in total. The number of hydrogen-bond donors (Lipinski definition) is 0. The Morgan fingerprint density at radius 1 is 0.846 bits per heavy atom. The molecular weight excluding hydrogens is 330 g/mol. The van der Waals surface area contributed by atoms with Crippen LogP contribution in [-0.2, 0) is 6.42 Å². The zero-order chi connectivity index (χ0) is 18.6. The maximum Gasteiger partial charge on any atom is 0.127 e. The Morgan fingerprint density at radius 2 is 1.42 bits per heavy atom. The highest BCUT2D eigenvalue weighted by molar-refractivity contribution is 6.77. The molecule has 2 aromatic rings. The molecule has 1 saturated heterocycles. The Labute approximate surface area is 161 Å². The minimum atomic E-state index is -1.27. The van der Waals surface area contributed by atoms with Crippen LogP contribution in [0.3, 0.4) is 0 Å². The Bertz CT molecular complexity index is 667. The topological polar surface area (TPSA) is 3.24 Å². The van der Waals surface area contributed by atoms with Crippen molar-refractivity contribution in [2.75, 3.05) is 6.54 Å². The lowest BCUT2D eigenvalue weighted by Gasteiger charge is -2.42. The van der Waals surface area contributed by atoms with E-state index < -0.39 is 8.24 Å². The van der Waals surface area contributed by atoms with Gasteiger partial charge in [0.25, 0.3) is 0 Å². The molecule has 2 heteroatoms. The second-order valence-corrected chi connectivity index (χ2v) is 13.3. The fourth-order valence-electron chi connectivity index (χ4n) is 5.02. The van der Waals surface area contributed by atoms with Crippen LogP contribution in [0.5, 0.6) is 0 Å². The second kappa shape index (κ2) is 8.54. The molecule has 3 rings (SSSR count). The summed E-state index contributed by atoms with van der Waals surface area (Å²) in [6.45, 7) is 11.1. The maximum atomic E-state index is 3.00. The van der Waals surface area contributed by atoms with Gasteiger partial charge in [0, 0.05) is 6.04 Å². The number of hydrogen-bond acceptors (Lipinski definition) is 1. The van der Waals surface area contributed by atoms with Crippen molar-refractivity contribution >= 4 is 8.24 Å². The Morgan fingerprint density at radius 3 is 2.00 bits per heavy atom. The first-order valence-corrected chi connectivity index (χ1v) is 13.1. The van der Waals surface area contributed by atoms with Gasteiger partial charge in [-0.2, -0.15) is 0 Å². The molecule has 140 valence electrons. The van der Waals surface area contributed by atoms with Crippen LogP contribution < -0.4 is 0 Å². The summed E-state index contributed by atoms with van der Waals surface area (Å²) in [5, 5.41) is 0. The summed E-state index contributed by atoms with van der Waals surface area (Å²) in [6, 6.07) is 25.0. The molecule has 26 heavy (non-hydrogen) atoms. The number of benzene rings is 2. The lowest BCUT2D eigenvalue weighted by molar-refractivity contribution is 0.379. The van der Waals surface area contributed by atoms with E-state index in [1.54, 1.807) is 0 Å². The first-order valence-electron chi connectivity index (χ1n) is 10.5. The van der Waals surface area contributed by atoms with Crippen molar-refractivity contribution in [1.82, 2.24) is 4.57 Å². The summed E-state index contributed by atoms with van der Waals surface area (Å²) in [5.74, 6) is 0.847. The van der Waals surface area contributed by atoms with Crippen molar-refractivity contribution in [3.63, 3.8) is 0 Å². The molecule has 0 aromatic heterocycles. The molecule has 0 spiro atoms. The molecule has 0 aliphatic carbocycles. The number of rotatable bonds is 7. The summed E-state index contributed by atoms with van der Waals surface area (Å²) in [7, 11) is -1.27. The summed E-state index contributed by atoms with van der Waals surface area (Å²) < 4.78 is 3.00. The van der Waals surface area contributed by atoms with E-state index >= 15 is 0 Å². The van der Waals surface area contributed by atoms with Crippen molar-refractivity contribution in [3.8, 4) is 11.1 Å². The third-order valence-corrected chi connectivity index (χ3v) is 12.5. The van der Waals surface area contributed by atoms with Crippen molar-refractivity contribution in [3.05, 3.63) is 60.2 Å². The molecule has 0 saturated carbocycles. The highest BCUT2D eigenvalue weighted by Gasteiger charge is 2.42. The van der Waals surface area contributed by atoms with Gasteiger partial charge in [0.15, 0.2) is 0 Å². The first-order chi connectivity index (χ1) is 12.6. The molecular formula is C24H35NSi. The van der Waals surface area contributed by atoms with E-state index in [1.165, 1.54) is 54.2 Å². The molecule has 0 unspecified atom stereocenters.